The molecule has 0 radical (unpaired) electrons. The molecule has 1 saturated heterocycles. The lowest BCUT2D eigenvalue weighted by Crippen LogP contribution is -2.29. The molecule has 1 amide bonds. The molecule has 7 heteroatoms. The molecule has 1 heterocycles. The molecular formula is C17H26Cl2N2O3. The highest BCUT2D eigenvalue weighted by Gasteiger charge is 2.27. The fourth-order valence-electron chi connectivity index (χ4n) is 2.69. The number of rotatable bonds is 7. The molecule has 1 aliphatic rings. The monoisotopic (exact) mass is 376 g/mol. The molecule has 0 aliphatic carbocycles. The van der Waals surface area contributed by atoms with E-state index in [2.05, 4.69) is 0 Å². The molecule has 0 bridgehead atoms. The van der Waals surface area contributed by atoms with Crippen LogP contribution in [0.15, 0.2) is 12.1 Å². The highest BCUT2D eigenvalue weighted by Crippen LogP contribution is 2.37. The van der Waals surface area contributed by atoms with Crippen molar-refractivity contribution in [1.29, 1.82) is 0 Å². The number of halogens is 2. The van der Waals surface area contributed by atoms with Crippen molar-refractivity contribution in [3.05, 3.63) is 22.7 Å². The number of ether oxygens (including phenoxy) is 2. The summed E-state index contributed by atoms with van der Waals surface area (Å²) >= 11 is 6.32. The standard InChI is InChI=1S/C17H25ClN2O3.ClH/c1-3-7-23-16-14(18)8-13(9-15(16)22-4-2)17(21)20-6-5-12(10-19)11-20;/h8-9,12H,3-7,10-11,19H2,1-2H3;1H. The van der Waals surface area contributed by atoms with E-state index in [0.717, 1.165) is 19.4 Å². The van der Waals surface area contributed by atoms with Gasteiger partial charge in [-0.05, 0) is 44.4 Å². The first kappa shape index (κ1) is 20.9. The fourth-order valence-corrected chi connectivity index (χ4v) is 2.96. The Bertz CT molecular complexity index is 555. The van der Waals surface area contributed by atoms with Crippen LogP contribution >= 0.6 is 24.0 Å². The Morgan fingerprint density at radius 2 is 2.12 bits per heavy atom. The summed E-state index contributed by atoms with van der Waals surface area (Å²) in [6.45, 7) is 6.98. The van der Waals surface area contributed by atoms with Gasteiger partial charge < -0.3 is 20.1 Å². The minimum absolute atomic E-state index is 0. The number of likely N-dealkylation sites (tertiary alicyclic amines) is 1. The minimum atomic E-state index is -0.0363. The second-order valence-electron chi connectivity index (χ2n) is 5.71. The first-order valence-corrected chi connectivity index (χ1v) is 8.56. The van der Waals surface area contributed by atoms with E-state index in [-0.39, 0.29) is 18.3 Å². The second kappa shape index (κ2) is 9.97. The van der Waals surface area contributed by atoms with Crippen molar-refractivity contribution in [3.63, 3.8) is 0 Å². The SMILES string of the molecule is CCCOc1c(Cl)cc(C(=O)N2CCC(CN)C2)cc1OCC.Cl. The van der Waals surface area contributed by atoms with Crippen LogP contribution in [0.3, 0.4) is 0 Å². The van der Waals surface area contributed by atoms with E-state index >= 15 is 0 Å². The van der Waals surface area contributed by atoms with E-state index in [0.29, 0.717) is 54.3 Å². The number of nitrogens with zero attached hydrogens (tertiary/aromatic N) is 1. The van der Waals surface area contributed by atoms with Crippen LogP contribution in [-0.2, 0) is 0 Å². The van der Waals surface area contributed by atoms with Crippen molar-refractivity contribution in [2.75, 3.05) is 32.8 Å². The molecule has 1 unspecified atom stereocenters. The predicted molar refractivity (Wildman–Crippen MR) is 98.7 cm³/mol. The third kappa shape index (κ3) is 4.91. The molecule has 5 nitrogen and oxygen atoms in total. The summed E-state index contributed by atoms with van der Waals surface area (Å²) in [5, 5.41) is 0.405. The Morgan fingerprint density at radius 3 is 2.71 bits per heavy atom. The number of amides is 1. The Kier molecular flexibility index (Phi) is 8.67. The molecule has 1 aromatic rings. The van der Waals surface area contributed by atoms with Crippen LogP contribution in [0.5, 0.6) is 11.5 Å². The summed E-state index contributed by atoms with van der Waals surface area (Å²) in [5.74, 6) is 1.37. The number of hydrogen-bond acceptors (Lipinski definition) is 4. The van der Waals surface area contributed by atoms with Gasteiger partial charge in [-0.3, -0.25) is 4.79 Å². The van der Waals surface area contributed by atoms with Gasteiger partial charge in [0.05, 0.1) is 18.2 Å². The quantitative estimate of drug-likeness (QED) is 0.791. The van der Waals surface area contributed by atoms with Gasteiger partial charge in [0.2, 0.25) is 0 Å². The summed E-state index contributed by atoms with van der Waals surface area (Å²) in [6, 6.07) is 3.38. The molecule has 136 valence electrons. The van der Waals surface area contributed by atoms with Gasteiger partial charge in [0, 0.05) is 18.7 Å². The summed E-state index contributed by atoms with van der Waals surface area (Å²) in [4.78, 5) is 14.5. The van der Waals surface area contributed by atoms with Gasteiger partial charge in [-0.2, -0.15) is 0 Å². The molecule has 0 spiro atoms. The van der Waals surface area contributed by atoms with Crippen LogP contribution in [0.1, 0.15) is 37.0 Å². The zero-order valence-electron chi connectivity index (χ0n) is 14.2. The van der Waals surface area contributed by atoms with Crippen molar-refractivity contribution < 1.29 is 14.3 Å². The lowest BCUT2D eigenvalue weighted by Gasteiger charge is -2.19. The third-order valence-electron chi connectivity index (χ3n) is 3.91. The zero-order chi connectivity index (χ0) is 16.8. The first-order valence-electron chi connectivity index (χ1n) is 8.19. The number of carbonyl (C=O) groups excluding carboxylic acids is 1. The zero-order valence-corrected chi connectivity index (χ0v) is 15.8. The normalized spacial score (nSPS) is 16.7. The molecule has 0 aromatic heterocycles. The number of benzene rings is 1. The first-order chi connectivity index (χ1) is 11.1. The second-order valence-corrected chi connectivity index (χ2v) is 6.12. The summed E-state index contributed by atoms with van der Waals surface area (Å²) in [5.41, 5.74) is 6.22. The van der Waals surface area contributed by atoms with E-state index in [4.69, 9.17) is 26.8 Å². The van der Waals surface area contributed by atoms with E-state index in [1.165, 1.54) is 0 Å². The maximum absolute atomic E-state index is 12.7. The van der Waals surface area contributed by atoms with Gasteiger partial charge in [-0.1, -0.05) is 18.5 Å². The third-order valence-corrected chi connectivity index (χ3v) is 4.19. The van der Waals surface area contributed by atoms with E-state index < -0.39 is 0 Å². The smallest absolute Gasteiger partial charge is 0.254 e. The summed E-state index contributed by atoms with van der Waals surface area (Å²) < 4.78 is 11.3. The Balaban J connectivity index is 0.00000288. The van der Waals surface area contributed by atoms with Crippen LogP contribution in [-0.4, -0.2) is 43.7 Å². The van der Waals surface area contributed by atoms with Crippen LogP contribution in [0.2, 0.25) is 5.02 Å². The van der Waals surface area contributed by atoms with Crippen molar-refractivity contribution in [2.45, 2.75) is 26.7 Å². The van der Waals surface area contributed by atoms with Gasteiger partial charge in [0.1, 0.15) is 0 Å². The van der Waals surface area contributed by atoms with Crippen LogP contribution in [0.4, 0.5) is 0 Å². The van der Waals surface area contributed by atoms with Crippen molar-refractivity contribution >= 4 is 29.9 Å². The molecule has 1 atom stereocenters. The topological polar surface area (TPSA) is 64.8 Å². The number of hydrogen-bond donors (Lipinski definition) is 1. The lowest BCUT2D eigenvalue weighted by atomic mass is 10.1. The van der Waals surface area contributed by atoms with Gasteiger partial charge in [-0.15, -0.1) is 12.4 Å². The van der Waals surface area contributed by atoms with Crippen LogP contribution in [0.25, 0.3) is 0 Å². The Morgan fingerprint density at radius 1 is 1.38 bits per heavy atom. The highest BCUT2D eigenvalue weighted by atomic mass is 35.5. The van der Waals surface area contributed by atoms with Gasteiger partial charge in [0.15, 0.2) is 11.5 Å². The Labute approximate surface area is 154 Å². The molecule has 2 N–H and O–H groups in total. The molecule has 2 rings (SSSR count). The van der Waals surface area contributed by atoms with Gasteiger partial charge in [0.25, 0.3) is 5.91 Å². The fraction of sp³-hybridized carbons (Fsp3) is 0.588. The van der Waals surface area contributed by atoms with Gasteiger partial charge in [-0.25, -0.2) is 0 Å². The van der Waals surface area contributed by atoms with Crippen LogP contribution in [0, 0.1) is 5.92 Å². The summed E-state index contributed by atoms with van der Waals surface area (Å²) in [7, 11) is 0. The maximum Gasteiger partial charge on any atom is 0.254 e. The van der Waals surface area contributed by atoms with Crippen molar-refractivity contribution in [3.8, 4) is 11.5 Å². The molecule has 0 saturated carbocycles. The highest BCUT2D eigenvalue weighted by molar-refractivity contribution is 6.32. The molecule has 1 fully saturated rings. The van der Waals surface area contributed by atoms with Crippen molar-refractivity contribution in [2.24, 2.45) is 11.7 Å². The lowest BCUT2D eigenvalue weighted by molar-refractivity contribution is 0.0787. The largest absolute Gasteiger partial charge is 0.490 e. The van der Waals surface area contributed by atoms with E-state index in [1.807, 2.05) is 18.7 Å². The molecule has 24 heavy (non-hydrogen) atoms. The minimum Gasteiger partial charge on any atom is -0.490 e. The van der Waals surface area contributed by atoms with Crippen molar-refractivity contribution in [1.82, 2.24) is 4.90 Å². The molecular weight excluding hydrogens is 351 g/mol. The van der Waals surface area contributed by atoms with E-state index in [9.17, 15) is 4.79 Å². The molecule has 1 aromatic carbocycles. The predicted octanol–water partition coefficient (Wildman–Crippen LogP) is 3.37. The maximum atomic E-state index is 12.7. The Hall–Kier alpha value is -1.17. The number of carbonyl (C=O) groups is 1. The average Bonchev–Trinajstić information content (AvgIpc) is 3.02. The van der Waals surface area contributed by atoms with Gasteiger partial charge >= 0.3 is 0 Å². The molecule has 1 aliphatic heterocycles. The van der Waals surface area contributed by atoms with E-state index in [1.54, 1.807) is 12.1 Å². The summed E-state index contributed by atoms with van der Waals surface area (Å²) in [6.07, 6.45) is 1.82. The van der Waals surface area contributed by atoms with Crippen LogP contribution < -0.4 is 15.2 Å². The number of nitrogens with two attached hydrogens (primary N) is 1. The average molecular weight is 377 g/mol.